The molecule has 0 bridgehead atoms. The van der Waals surface area contributed by atoms with Crippen molar-refractivity contribution in [2.24, 2.45) is 0 Å². The maximum Gasteiger partial charge on any atom is 0.124 e. The summed E-state index contributed by atoms with van der Waals surface area (Å²) >= 11 is 0. The molecule has 0 aromatic heterocycles. The lowest BCUT2D eigenvalue weighted by Crippen LogP contribution is -2.42. The number of hydrogen-bond acceptors (Lipinski definition) is 4. The molecule has 1 aliphatic rings. The summed E-state index contributed by atoms with van der Waals surface area (Å²) in [5.41, 5.74) is 0.919. The van der Waals surface area contributed by atoms with Gasteiger partial charge in [0.05, 0.1) is 7.11 Å². The zero-order valence-corrected chi connectivity index (χ0v) is 10.0. The van der Waals surface area contributed by atoms with Crippen LogP contribution < -0.4 is 15.4 Å². The molecule has 2 rings (SSSR count). The molecular formula is C11H17ClN2O2. The molecule has 0 unspecified atom stereocenters. The molecule has 5 heteroatoms. The number of halogens is 1. The number of phenolic OH excluding ortho intramolecular Hbond substituents is 1. The topological polar surface area (TPSA) is 53.5 Å². The quantitative estimate of drug-likeness (QED) is 0.728. The molecule has 0 radical (unpaired) electrons. The van der Waals surface area contributed by atoms with E-state index in [9.17, 15) is 5.11 Å². The second kappa shape index (κ2) is 5.94. The van der Waals surface area contributed by atoms with Crippen molar-refractivity contribution in [1.29, 1.82) is 0 Å². The third-order valence-corrected chi connectivity index (χ3v) is 2.65. The highest BCUT2D eigenvalue weighted by Gasteiger charge is 2.17. The van der Waals surface area contributed by atoms with E-state index in [1.54, 1.807) is 13.2 Å². The lowest BCUT2D eigenvalue weighted by Gasteiger charge is -2.25. The number of hydrogen-bond donors (Lipinski definition) is 3. The minimum Gasteiger partial charge on any atom is -0.507 e. The summed E-state index contributed by atoms with van der Waals surface area (Å²) in [6, 6.07) is 5.60. The molecule has 90 valence electrons. The van der Waals surface area contributed by atoms with Gasteiger partial charge >= 0.3 is 0 Å². The summed E-state index contributed by atoms with van der Waals surface area (Å²) in [4.78, 5) is 0. The maximum absolute atomic E-state index is 9.83. The van der Waals surface area contributed by atoms with Crippen molar-refractivity contribution in [1.82, 2.24) is 10.6 Å². The summed E-state index contributed by atoms with van der Waals surface area (Å²) in [5.74, 6) is 0.968. The van der Waals surface area contributed by atoms with Crippen LogP contribution in [0.15, 0.2) is 18.2 Å². The molecule has 0 saturated carbocycles. The molecule has 4 nitrogen and oxygen atoms in total. The van der Waals surface area contributed by atoms with Gasteiger partial charge in [0.15, 0.2) is 0 Å². The molecule has 1 saturated heterocycles. The van der Waals surface area contributed by atoms with Crippen molar-refractivity contribution in [2.75, 3.05) is 26.7 Å². The van der Waals surface area contributed by atoms with Crippen molar-refractivity contribution in [3.05, 3.63) is 23.8 Å². The van der Waals surface area contributed by atoms with Crippen LogP contribution in [0.25, 0.3) is 0 Å². The van der Waals surface area contributed by atoms with Gasteiger partial charge in [0.25, 0.3) is 0 Å². The number of benzene rings is 1. The Morgan fingerprint density at radius 2 is 2.19 bits per heavy atom. The van der Waals surface area contributed by atoms with Gasteiger partial charge in [-0.1, -0.05) is 6.07 Å². The molecule has 1 heterocycles. The highest BCUT2D eigenvalue weighted by Crippen LogP contribution is 2.28. The predicted molar refractivity (Wildman–Crippen MR) is 65.5 cm³/mol. The Kier molecular flexibility index (Phi) is 4.86. The number of nitrogens with one attached hydrogen (secondary N) is 2. The molecule has 3 N–H and O–H groups in total. The number of phenols is 1. The SMILES string of the molecule is COc1ccc([C@H]2CNCCN2)c(O)c1.Cl. The molecule has 0 aliphatic carbocycles. The maximum atomic E-state index is 9.83. The molecule has 1 fully saturated rings. The minimum atomic E-state index is 0. The monoisotopic (exact) mass is 244 g/mol. The van der Waals surface area contributed by atoms with Crippen LogP contribution in [-0.4, -0.2) is 31.9 Å². The first-order chi connectivity index (χ1) is 7.31. The molecule has 1 aromatic rings. The lowest BCUT2D eigenvalue weighted by atomic mass is 10.0. The van der Waals surface area contributed by atoms with Crippen LogP contribution in [0, 0.1) is 0 Å². The second-order valence-corrected chi connectivity index (χ2v) is 3.64. The van der Waals surface area contributed by atoms with Crippen molar-refractivity contribution in [2.45, 2.75) is 6.04 Å². The molecule has 1 aliphatic heterocycles. The van der Waals surface area contributed by atoms with E-state index in [1.165, 1.54) is 0 Å². The summed E-state index contributed by atoms with van der Waals surface area (Å²) < 4.78 is 5.04. The number of piperazine rings is 1. The fraction of sp³-hybridized carbons (Fsp3) is 0.455. The van der Waals surface area contributed by atoms with Gasteiger partial charge in [-0.25, -0.2) is 0 Å². The molecule has 0 amide bonds. The minimum absolute atomic E-state index is 0. The average molecular weight is 245 g/mol. The van der Waals surface area contributed by atoms with E-state index in [-0.39, 0.29) is 24.2 Å². The average Bonchev–Trinajstić information content (AvgIpc) is 2.30. The zero-order valence-electron chi connectivity index (χ0n) is 9.19. The lowest BCUT2D eigenvalue weighted by molar-refractivity contribution is 0.391. The van der Waals surface area contributed by atoms with E-state index in [0.717, 1.165) is 25.2 Å². The third kappa shape index (κ3) is 2.78. The third-order valence-electron chi connectivity index (χ3n) is 2.65. The Hall–Kier alpha value is -0.970. The summed E-state index contributed by atoms with van der Waals surface area (Å²) in [6.45, 7) is 2.75. The summed E-state index contributed by atoms with van der Waals surface area (Å²) in [6.07, 6.45) is 0. The van der Waals surface area contributed by atoms with Gasteiger partial charge in [0, 0.05) is 37.3 Å². The molecule has 1 aromatic carbocycles. The van der Waals surface area contributed by atoms with Gasteiger partial charge in [-0.2, -0.15) is 0 Å². The Morgan fingerprint density at radius 1 is 1.38 bits per heavy atom. The Bertz CT molecular complexity index is 341. The number of rotatable bonds is 2. The summed E-state index contributed by atoms with van der Waals surface area (Å²) in [5, 5.41) is 16.5. The van der Waals surface area contributed by atoms with Crippen molar-refractivity contribution in [3.63, 3.8) is 0 Å². The second-order valence-electron chi connectivity index (χ2n) is 3.64. The van der Waals surface area contributed by atoms with Crippen LogP contribution in [0.5, 0.6) is 11.5 Å². The van der Waals surface area contributed by atoms with Crippen LogP contribution in [0.1, 0.15) is 11.6 Å². The van der Waals surface area contributed by atoms with Crippen LogP contribution in [0.3, 0.4) is 0 Å². The van der Waals surface area contributed by atoms with Gasteiger partial charge in [-0.3, -0.25) is 0 Å². The molecule has 1 atom stereocenters. The van der Waals surface area contributed by atoms with E-state index in [2.05, 4.69) is 10.6 Å². The standard InChI is InChI=1S/C11H16N2O2.ClH/c1-15-8-2-3-9(11(14)6-8)10-7-12-4-5-13-10;/h2-3,6,10,12-14H,4-5,7H2,1H3;1H/t10-;/m1./s1. The smallest absolute Gasteiger partial charge is 0.124 e. The fourth-order valence-corrected chi connectivity index (χ4v) is 1.82. The predicted octanol–water partition coefficient (Wildman–Crippen LogP) is 1.06. The van der Waals surface area contributed by atoms with Crippen molar-refractivity contribution in [3.8, 4) is 11.5 Å². The van der Waals surface area contributed by atoms with E-state index in [0.29, 0.717) is 5.75 Å². The highest BCUT2D eigenvalue weighted by atomic mass is 35.5. The highest BCUT2D eigenvalue weighted by molar-refractivity contribution is 5.85. The Morgan fingerprint density at radius 3 is 2.75 bits per heavy atom. The molecule has 0 spiro atoms. The first-order valence-electron chi connectivity index (χ1n) is 5.12. The largest absolute Gasteiger partial charge is 0.507 e. The van der Waals surface area contributed by atoms with Crippen LogP contribution in [-0.2, 0) is 0 Å². The fourth-order valence-electron chi connectivity index (χ4n) is 1.82. The van der Waals surface area contributed by atoms with Crippen LogP contribution in [0.4, 0.5) is 0 Å². The van der Waals surface area contributed by atoms with E-state index in [1.807, 2.05) is 12.1 Å². The van der Waals surface area contributed by atoms with E-state index < -0.39 is 0 Å². The molecular weight excluding hydrogens is 228 g/mol. The van der Waals surface area contributed by atoms with Gasteiger partial charge in [-0.05, 0) is 6.07 Å². The first kappa shape index (κ1) is 13.1. The number of aromatic hydroxyl groups is 1. The Labute approximate surface area is 101 Å². The normalized spacial score (nSPS) is 19.9. The molecule has 16 heavy (non-hydrogen) atoms. The van der Waals surface area contributed by atoms with Gasteiger partial charge in [0.1, 0.15) is 11.5 Å². The van der Waals surface area contributed by atoms with Crippen LogP contribution in [0.2, 0.25) is 0 Å². The van der Waals surface area contributed by atoms with E-state index >= 15 is 0 Å². The van der Waals surface area contributed by atoms with Crippen LogP contribution >= 0.6 is 12.4 Å². The van der Waals surface area contributed by atoms with Gasteiger partial charge in [0.2, 0.25) is 0 Å². The van der Waals surface area contributed by atoms with Crippen molar-refractivity contribution < 1.29 is 9.84 Å². The zero-order chi connectivity index (χ0) is 10.7. The van der Waals surface area contributed by atoms with Gasteiger partial charge < -0.3 is 20.5 Å². The van der Waals surface area contributed by atoms with E-state index in [4.69, 9.17) is 4.74 Å². The Balaban J connectivity index is 0.00000128. The first-order valence-corrected chi connectivity index (χ1v) is 5.12. The number of methoxy groups -OCH3 is 1. The van der Waals surface area contributed by atoms with Gasteiger partial charge in [-0.15, -0.1) is 12.4 Å². The van der Waals surface area contributed by atoms with Crippen molar-refractivity contribution >= 4 is 12.4 Å². The summed E-state index contributed by atoms with van der Waals surface area (Å²) in [7, 11) is 1.59. The number of ether oxygens (including phenoxy) is 1.